The van der Waals surface area contributed by atoms with Crippen LogP contribution in [0, 0.1) is 11.8 Å². The van der Waals surface area contributed by atoms with Crippen LogP contribution in [0.5, 0.6) is 0 Å². The summed E-state index contributed by atoms with van der Waals surface area (Å²) >= 11 is 0. The van der Waals surface area contributed by atoms with E-state index in [1.54, 1.807) is 0 Å². The van der Waals surface area contributed by atoms with Crippen LogP contribution in [-0.4, -0.2) is 16.2 Å². The molecule has 0 spiro atoms. The van der Waals surface area contributed by atoms with E-state index in [9.17, 15) is 0 Å². The smallest absolute Gasteiger partial charge is 0.0518 e. The van der Waals surface area contributed by atoms with Crippen LogP contribution in [0.4, 0.5) is 0 Å². The van der Waals surface area contributed by atoms with Crippen LogP contribution in [0.25, 0.3) is 0 Å². The standard InChI is InChI=1S/C12H19N3/c1-8(11-6-7-13-15-11)14-12(9-2-3-9)10-4-5-10/h6-10,12,14H,2-5H2,1H3,(H,13,15). The fraction of sp³-hybridized carbons (Fsp3) is 0.750. The molecule has 15 heavy (non-hydrogen) atoms. The first-order chi connectivity index (χ1) is 7.34. The van der Waals surface area contributed by atoms with Gasteiger partial charge in [0.25, 0.3) is 0 Å². The average Bonchev–Trinajstić information content (AvgIpc) is 3.15. The summed E-state index contributed by atoms with van der Waals surface area (Å²) in [6.07, 6.45) is 7.57. The molecule has 1 unspecified atom stereocenters. The number of nitrogens with zero attached hydrogens (tertiary/aromatic N) is 1. The molecule has 1 aromatic rings. The Labute approximate surface area is 90.7 Å². The maximum absolute atomic E-state index is 4.01. The van der Waals surface area contributed by atoms with E-state index in [-0.39, 0.29) is 0 Å². The molecule has 1 heterocycles. The summed E-state index contributed by atoms with van der Waals surface area (Å²) in [5.41, 5.74) is 1.21. The maximum Gasteiger partial charge on any atom is 0.0518 e. The lowest BCUT2D eigenvalue weighted by Crippen LogP contribution is -2.35. The molecule has 0 amide bonds. The molecule has 0 saturated heterocycles. The van der Waals surface area contributed by atoms with E-state index in [4.69, 9.17) is 0 Å². The summed E-state index contributed by atoms with van der Waals surface area (Å²) < 4.78 is 0. The predicted molar refractivity (Wildman–Crippen MR) is 59.4 cm³/mol. The first kappa shape index (κ1) is 9.40. The van der Waals surface area contributed by atoms with Gasteiger partial charge >= 0.3 is 0 Å². The fourth-order valence-electron chi connectivity index (χ4n) is 2.45. The zero-order valence-electron chi connectivity index (χ0n) is 9.24. The third kappa shape index (κ3) is 2.07. The molecule has 1 aromatic heterocycles. The Kier molecular flexibility index (Phi) is 2.28. The Balaban J connectivity index is 1.62. The van der Waals surface area contributed by atoms with Crippen LogP contribution in [0.3, 0.4) is 0 Å². The Bertz CT molecular complexity index is 300. The lowest BCUT2D eigenvalue weighted by Gasteiger charge is -2.22. The zero-order chi connectivity index (χ0) is 10.3. The molecular formula is C12H19N3. The number of rotatable bonds is 5. The molecule has 82 valence electrons. The number of hydrogen-bond donors (Lipinski definition) is 2. The summed E-state index contributed by atoms with van der Waals surface area (Å²) in [4.78, 5) is 0. The van der Waals surface area contributed by atoms with Gasteiger partial charge in [0.15, 0.2) is 0 Å². The summed E-state index contributed by atoms with van der Waals surface area (Å²) in [6.45, 7) is 2.23. The second kappa shape index (κ2) is 3.63. The van der Waals surface area contributed by atoms with E-state index in [1.165, 1.54) is 31.4 Å². The number of aromatic nitrogens is 2. The van der Waals surface area contributed by atoms with Crippen molar-refractivity contribution in [1.29, 1.82) is 0 Å². The first-order valence-corrected chi connectivity index (χ1v) is 6.10. The molecule has 0 bridgehead atoms. The van der Waals surface area contributed by atoms with E-state index >= 15 is 0 Å². The third-order valence-electron chi connectivity index (χ3n) is 3.69. The summed E-state index contributed by atoms with van der Waals surface area (Å²) in [6, 6.07) is 3.25. The normalized spacial score (nSPS) is 23.3. The second-order valence-corrected chi connectivity index (χ2v) is 5.10. The van der Waals surface area contributed by atoms with Crippen LogP contribution < -0.4 is 5.32 Å². The maximum atomic E-state index is 4.01. The molecule has 2 saturated carbocycles. The minimum Gasteiger partial charge on any atom is -0.306 e. The Hall–Kier alpha value is -0.830. The summed E-state index contributed by atoms with van der Waals surface area (Å²) in [5.74, 6) is 1.92. The molecular weight excluding hydrogens is 186 g/mol. The van der Waals surface area contributed by atoms with Crippen LogP contribution in [0.2, 0.25) is 0 Å². The lowest BCUT2D eigenvalue weighted by atomic mass is 10.1. The molecule has 0 aromatic carbocycles. The zero-order valence-corrected chi connectivity index (χ0v) is 9.24. The number of H-pyrrole nitrogens is 1. The van der Waals surface area contributed by atoms with E-state index in [0.717, 1.165) is 17.9 Å². The van der Waals surface area contributed by atoms with Crippen molar-refractivity contribution in [2.75, 3.05) is 0 Å². The lowest BCUT2D eigenvalue weighted by molar-refractivity contribution is 0.374. The van der Waals surface area contributed by atoms with Gasteiger partial charge in [0.05, 0.1) is 5.69 Å². The van der Waals surface area contributed by atoms with Gasteiger partial charge in [-0.2, -0.15) is 5.10 Å². The highest BCUT2D eigenvalue weighted by Gasteiger charge is 2.41. The van der Waals surface area contributed by atoms with E-state index < -0.39 is 0 Å². The molecule has 3 heteroatoms. The monoisotopic (exact) mass is 205 g/mol. The van der Waals surface area contributed by atoms with Crippen molar-refractivity contribution in [3.8, 4) is 0 Å². The van der Waals surface area contributed by atoms with Gasteiger partial charge in [0.1, 0.15) is 0 Å². The van der Waals surface area contributed by atoms with Gasteiger partial charge in [-0.05, 0) is 50.5 Å². The van der Waals surface area contributed by atoms with Crippen molar-refractivity contribution in [2.45, 2.75) is 44.7 Å². The topological polar surface area (TPSA) is 40.7 Å². The highest BCUT2D eigenvalue weighted by molar-refractivity contribution is 5.06. The van der Waals surface area contributed by atoms with Crippen molar-refractivity contribution in [1.82, 2.24) is 15.5 Å². The Morgan fingerprint density at radius 1 is 1.33 bits per heavy atom. The van der Waals surface area contributed by atoms with Gasteiger partial charge in [-0.25, -0.2) is 0 Å². The van der Waals surface area contributed by atoms with Crippen LogP contribution >= 0.6 is 0 Å². The second-order valence-electron chi connectivity index (χ2n) is 5.10. The van der Waals surface area contributed by atoms with Crippen molar-refractivity contribution >= 4 is 0 Å². The third-order valence-corrected chi connectivity index (χ3v) is 3.69. The van der Waals surface area contributed by atoms with Crippen molar-refractivity contribution in [3.63, 3.8) is 0 Å². The summed E-state index contributed by atoms with van der Waals surface area (Å²) in [7, 11) is 0. The van der Waals surface area contributed by atoms with Gasteiger partial charge in [-0.3, -0.25) is 5.10 Å². The van der Waals surface area contributed by atoms with Crippen molar-refractivity contribution in [3.05, 3.63) is 18.0 Å². The SMILES string of the molecule is CC(NC(C1CC1)C1CC1)c1ccn[nH]1. The van der Waals surface area contributed by atoms with Gasteiger partial charge in [-0.1, -0.05) is 0 Å². The highest BCUT2D eigenvalue weighted by Crippen LogP contribution is 2.45. The number of nitrogens with one attached hydrogen (secondary N) is 2. The molecule has 3 rings (SSSR count). The van der Waals surface area contributed by atoms with E-state index in [1.807, 2.05) is 6.20 Å². The highest BCUT2D eigenvalue weighted by atomic mass is 15.1. The van der Waals surface area contributed by atoms with E-state index in [0.29, 0.717) is 6.04 Å². The quantitative estimate of drug-likeness (QED) is 0.774. The van der Waals surface area contributed by atoms with Crippen LogP contribution in [0.15, 0.2) is 12.3 Å². The minimum absolute atomic E-state index is 0.415. The predicted octanol–water partition coefficient (Wildman–Crippen LogP) is 2.25. The fourth-order valence-corrected chi connectivity index (χ4v) is 2.45. The minimum atomic E-state index is 0.415. The van der Waals surface area contributed by atoms with Crippen molar-refractivity contribution in [2.24, 2.45) is 11.8 Å². The molecule has 0 radical (unpaired) electrons. The molecule has 1 atom stereocenters. The Morgan fingerprint density at radius 2 is 2.00 bits per heavy atom. The van der Waals surface area contributed by atoms with Gasteiger partial charge in [-0.15, -0.1) is 0 Å². The van der Waals surface area contributed by atoms with Crippen molar-refractivity contribution < 1.29 is 0 Å². The van der Waals surface area contributed by atoms with E-state index in [2.05, 4.69) is 28.5 Å². The molecule has 2 aliphatic rings. The van der Waals surface area contributed by atoms with Gasteiger partial charge < -0.3 is 5.32 Å². The molecule has 2 N–H and O–H groups in total. The molecule has 3 nitrogen and oxygen atoms in total. The van der Waals surface area contributed by atoms with Gasteiger partial charge in [0.2, 0.25) is 0 Å². The summed E-state index contributed by atoms with van der Waals surface area (Å²) in [5, 5.41) is 10.8. The first-order valence-electron chi connectivity index (χ1n) is 6.10. The number of aromatic amines is 1. The molecule has 2 fully saturated rings. The largest absolute Gasteiger partial charge is 0.306 e. The van der Waals surface area contributed by atoms with Crippen LogP contribution in [-0.2, 0) is 0 Å². The average molecular weight is 205 g/mol. The molecule has 0 aliphatic heterocycles. The Morgan fingerprint density at radius 3 is 2.47 bits per heavy atom. The molecule has 2 aliphatic carbocycles. The van der Waals surface area contributed by atoms with Gasteiger partial charge in [0, 0.05) is 18.3 Å². The van der Waals surface area contributed by atoms with Crippen LogP contribution in [0.1, 0.15) is 44.3 Å². The number of hydrogen-bond acceptors (Lipinski definition) is 2.